The van der Waals surface area contributed by atoms with Crippen LogP contribution in [0.5, 0.6) is 0 Å². The first-order valence-corrected chi connectivity index (χ1v) is 8.16. The summed E-state index contributed by atoms with van der Waals surface area (Å²) in [5.41, 5.74) is 0.0985. The topological polar surface area (TPSA) is 62.5 Å². The predicted octanol–water partition coefficient (Wildman–Crippen LogP) is 2.34. The fourth-order valence-corrected chi connectivity index (χ4v) is 3.88. The van der Waals surface area contributed by atoms with Crippen LogP contribution in [0.1, 0.15) is 36.2 Å². The second-order valence-electron chi connectivity index (χ2n) is 6.30. The Kier molecular flexibility index (Phi) is 3.52. The second kappa shape index (κ2) is 5.68. The van der Waals surface area contributed by atoms with Crippen LogP contribution in [0.4, 0.5) is 5.95 Å². The average molecular weight is 312 g/mol. The van der Waals surface area contributed by atoms with Crippen molar-refractivity contribution in [2.75, 3.05) is 24.5 Å². The molecule has 0 bridgehead atoms. The summed E-state index contributed by atoms with van der Waals surface area (Å²) in [6.45, 7) is 2.50. The Labute approximate surface area is 135 Å². The first-order valence-electron chi connectivity index (χ1n) is 8.16. The molecule has 0 N–H and O–H groups in total. The van der Waals surface area contributed by atoms with Gasteiger partial charge in [-0.2, -0.15) is 0 Å². The molecular weight excluding hydrogens is 292 g/mol. The van der Waals surface area contributed by atoms with Crippen LogP contribution in [0.15, 0.2) is 41.3 Å². The van der Waals surface area contributed by atoms with Crippen LogP contribution in [-0.2, 0) is 0 Å². The van der Waals surface area contributed by atoms with E-state index in [1.165, 1.54) is 0 Å². The van der Waals surface area contributed by atoms with E-state index in [0.717, 1.165) is 51.3 Å². The van der Waals surface area contributed by atoms with Crippen LogP contribution in [0.3, 0.4) is 0 Å². The lowest BCUT2D eigenvalue weighted by molar-refractivity contribution is 0.0640. The van der Waals surface area contributed by atoms with Gasteiger partial charge >= 0.3 is 0 Å². The number of hydrogen-bond donors (Lipinski definition) is 0. The van der Waals surface area contributed by atoms with E-state index in [1.54, 1.807) is 30.8 Å². The van der Waals surface area contributed by atoms with Gasteiger partial charge in [-0.15, -0.1) is 0 Å². The van der Waals surface area contributed by atoms with Gasteiger partial charge in [0.25, 0.3) is 5.91 Å². The van der Waals surface area contributed by atoms with Crippen molar-refractivity contribution in [1.29, 1.82) is 0 Å². The first-order chi connectivity index (χ1) is 11.3. The summed E-state index contributed by atoms with van der Waals surface area (Å²) >= 11 is 0. The second-order valence-corrected chi connectivity index (χ2v) is 6.30. The molecule has 6 nitrogen and oxygen atoms in total. The van der Waals surface area contributed by atoms with Gasteiger partial charge in [-0.3, -0.25) is 4.79 Å². The van der Waals surface area contributed by atoms with Crippen molar-refractivity contribution in [3.05, 3.63) is 42.6 Å². The van der Waals surface area contributed by atoms with E-state index in [9.17, 15) is 4.79 Å². The molecule has 0 atom stereocenters. The largest absolute Gasteiger partial charge is 0.459 e. The minimum absolute atomic E-state index is 0.00893. The zero-order valence-corrected chi connectivity index (χ0v) is 13.0. The van der Waals surface area contributed by atoms with Gasteiger partial charge in [-0.1, -0.05) is 0 Å². The summed E-state index contributed by atoms with van der Waals surface area (Å²) in [7, 11) is 0. The molecule has 23 heavy (non-hydrogen) atoms. The van der Waals surface area contributed by atoms with Gasteiger partial charge in [-0.25, -0.2) is 9.97 Å². The average Bonchev–Trinajstić information content (AvgIpc) is 3.26. The molecule has 1 amide bonds. The highest BCUT2D eigenvalue weighted by Crippen LogP contribution is 2.40. The molecule has 2 fully saturated rings. The van der Waals surface area contributed by atoms with Crippen molar-refractivity contribution in [3.63, 3.8) is 0 Å². The molecule has 2 saturated heterocycles. The molecule has 0 saturated carbocycles. The lowest BCUT2D eigenvalue weighted by Crippen LogP contribution is -2.53. The molecular formula is C17H20N4O2. The molecule has 4 rings (SSSR count). The fourth-order valence-electron chi connectivity index (χ4n) is 3.88. The van der Waals surface area contributed by atoms with Crippen LogP contribution >= 0.6 is 0 Å². The summed E-state index contributed by atoms with van der Waals surface area (Å²) < 4.78 is 5.23. The molecule has 2 aromatic heterocycles. The van der Waals surface area contributed by atoms with Gasteiger partial charge in [0.05, 0.1) is 6.26 Å². The summed E-state index contributed by atoms with van der Waals surface area (Å²) in [4.78, 5) is 25.5. The standard InChI is InChI=1S/C17H20N4O2/c22-15(14-4-1-13-23-14)20-11-6-17(7-12-20)5-2-10-21(17)16-18-8-3-9-19-16/h1,3-4,8-9,13H,2,5-7,10-12H2. The Bertz CT molecular complexity index is 663. The zero-order chi connectivity index (χ0) is 15.7. The van der Waals surface area contributed by atoms with Crippen LogP contribution in [0.25, 0.3) is 0 Å². The Hall–Kier alpha value is -2.37. The molecule has 2 aromatic rings. The smallest absolute Gasteiger partial charge is 0.289 e. The van der Waals surface area contributed by atoms with E-state index in [0.29, 0.717) is 5.76 Å². The summed E-state index contributed by atoms with van der Waals surface area (Å²) in [6.07, 6.45) is 9.35. The molecule has 6 heteroatoms. The monoisotopic (exact) mass is 312 g/mol. The van der Waals surface area contributed by atoms with E-state index < -0.39 is 0 Å². The Morgan fingerprint density at radius 2 is 1.87 bits per heavy atom. The van der Waals surface area contributed by atoms with Gasteiger partial charge < -0.3 is 14.2 Å². The van der Waals surface area contributed by atoms with Gasteiger partial charge in [0.1, 0.15) is 0 Å². The van der Waals surface area contributed by atoms with Crippen molar-refractivity contribution < 1.29 is 9.21 Å². The normalized spacial score (nSPS) is 20.2. The first kappa shape index (κ1) is 14.2. The highest BCUT2D eigenvalue weighted by Gasteiger charge is 2.45. The van der Waals surface area contributed by atoms with Gasteiger partial charge in [0.2, 0.25) is 5.95 Å². The minimum Gasteiger partial charge on any atom is -0.459 e. The van der Waals surface area contributed by atoms with Crippen molar-refractivity contribution in [1.82, 2.24) is 14.9 Å². The number of aromatic nitrogens is 2. The molecule has 0 aromatic carbocycles. The van der Waals surface area contributed by atoms with E-state index in [2.05, 4.69) is 14.9 Å². The number of furan rings is 1. The van der Waals surface area contributed by atoms with Crippen LogP contribution in [0.2, 0.25) is 0 Å². The Morgan fingerprint density at radius 3 is 2.57 bits per heavy atom. The van der Waals surface area contributed by atoms with E-state index >= 15 is 0 Å². The predicted molar refractivity (Wildman–Crippen MR) is 85.2 cm³/mol. The SMILES string of the molecule is O=C(c1ccco1)N1CCC2(CCCN2c2ncccn2)CC1. The molecule has 0 aliphatic carbocycles. The Morgan fingerprint density at radius 1 is 1.09 bits per heavy atom. The number of amides is 1. The van der Waals surface area contributed by atoms with Crippen molar-refractivity contribution in [2.45, 2.75) is 31.2 Å². The van der Waals surface area contributed by atoms with Crippen molar-refractivity contribution in [2.24, 2.45) is 0 Å². The van der Waals surface area contributed by atoms with E-state index in [4.69, 9.17) is 4.42 Å². The summed E-state index contributed by atoms with van der Waals surface area (Å²) in [6, 6.07) is 5.33. The molecule has 1 spiro atoms. The molecule has 0 radical (unpaired) electrons. The Balaban J connectivity index is 1.49. The number of likely N-dealkylation sites (tertiary alicyclic amines) is 1. The fraction of sp³-hybridized carbons (Fsp3) is 0.471. The third-order valence-electron chi connectivity index (χ3n) is 5.10. The maximum absolute atomic E-state index is 12.4. The third-order valence-corrected chi connectivity index (χ3v) is 5.10. The maximum Gasteiger partial charge on any atom is 0.289 e. The van der Waals surface area contributed by atoms with Gasteiger partial charge in [-0.05, 0) is 43.9 Å². The van der Waals surface area contributed by atoms with Crippen LogP contribution in [0, 0.1) is 0 Å². The molecule has 2 aliphatic heterocycles. The van der Waals surface area contributed by atoms with Gasteiger partial charge in [0.15, 0.2) is 5.76 Å². The number of rotatable bonds is 2. The number of piperidine rings is 1. The number of hydrogen-bond acceptors (Lipinski definition) is 5. The van der Waals surface area contributed by atoms with E-state index in [-0.39, 0.29) is 11.4 Å². The van der Waals surface area contributed by atoms with E-state index in [1.807, 2.05) is 11.0 Å². The zero-order valence-electron chi connectivity index (χ0n) is 13.0. The van der Waals surface area contributed by atoms with Crippen LogP contribution < -0.4 is 4.90 Å². The molecule has 2 aliphatic rings. The number of nitrogens with zero attached hydrogens (tertiary/aromatic N) is 4. The molecule has 0 unspecified atom stereocenters. The maximum atomic E-state index is 12.4. The number of carbonyl (C=O) groups is 1. The summed E-state index contributed by atoms with van der Waals surface area (Å²) in [5, 5.41) is 0. The minimum atomic E-state index is -0.00893. The lowest BCUT2D eigenvalue weighted by Gasteiger charge is -2.44. The highest BCUT2D eigenvalue weighted by molar-refractivity contribution is 5.91. The van der Waals surface area contributed by atoms with Gasteiger partial charge in [0, 0.05) is 37.6 Å². The highest BCUT2D eigenvalue weighted by atomic mass is 16.3. The van der Waals surface area contributed by atoms with Crippen LogP contribution in [-0.4, -0.2) is 45.9 Å². The van der Waals surface area contributed by atoms with Crippen molar-refractivity contribution >= 4 is 11.9 Å². The number of carbonyl (C=O) groups excluding carboxylic acids is 1. The third kappa shape index (κ3) is 2.48. The lowest BCUT2D eigenvalue weighted by atomic mass is 9.85. The molecule has 4 heterocycles. The quantitative estimate of drug-likeness (QED) is 0.852. The van der Waals surface area contributed by atoms with Crippen molar-refractivity contribution in [3.8, 4) is 0 Å². The summed E-state index contributed by atoms with van der Waals surface area (Å²) in [5.74, 6) is 1.23. The molecule has 120 valence electrons. The number of anilines is 1.